The minimum Gasteiger partial charge on any atom is -0.346 e. The third-order valence-corrected chi connectivity index (χ3v) is 13.5. The Morgan fingerprint density at radius 3 is 2.25 bits per heavy atom. The summed E-state index contributed by atoms with van der Waals surface area (Å²) in [5.41, 5.74) is -0.437. The topological polar surface area (TPSA) is 174 Å². The van der Waals surface area contributed by atoms with Crippen LogP contribution in [0.2, 0.25) is 0 Å². The molecule has 3 fully saturated rings. The second-order valence-electron chi connectivity index (χ2n) is 17.5. The first-order chi connectivity index (χ1) is 24.3. The molecule has 13 nitrogen and oxygen atoms in total. The molecular weight excluding hydrogens is 685 g/mol. The van der Waals surface area contributed by atoms with Gasteiger partial charge >= 0.3 is 6.03 Å². The predicted molar refractivity (Wildman–Crippen MR) is 198 cm³/mol. The van der Waals surface area contributed by atoms with Gasteiger partial charge in [-0.05, 0) is 65.9 Å². The van der Waals surface area contributed by atoms with Crippen LogP contribution in [0, 0.1) is 28.6 Å². The first-order valence-electron chi connectivity index (χ1n) is 18.8. The lowest BCUT2D eigenvalue weighted by molar-refractivity contribution is -0.144. The highest BCUT2D eigenvalue weighted by Crippen LogP contribution is 2.43. The zero-order valence-electron chi connectivity index (χ0n) is 31.6. The lowest BCUT2D eigenvalue weighted by Gasteiger charge is -2.38. The number of allylic oxidation sites excluding steroid dienone is 2. The molecule has 52 heavy (non-hydrogen) atoms. The average molecular weight is 743 g/mol. The number of nitrogens with one attached hydrogen (secondary N) is 4. The summed E-state index contributed by atoms with van der Waals surface area (Å²) in [6.07, 6.45) is 11.3. The quantitative estimate of drug-likeness (QED) is 0.166. The number of carbonyl (C=O) groups is 5. The third-order valence-electron chi connectivity index (χ3n) is 11.6. The Balaban J connectivity index is 1.32. The number of hydrogen-bond acceptors (Lipinski definition) is 7. The molecule has 0 aromatic rings. The predicted octanol–water partition coefficient (Wildman–Crippen LogP) is 3.15. The van der Waals surface area contributed by atoms with E-state index in [1.165, 1.54) is 10.4 Å². The molecule has 3 aliphatic carbocycles. The highest BCUT2D eigenvalue weighted by molar-refractivity contribution is 7.93. The van der Waals surface area contributed by atoms with Crippen LogP contribution < -0.4 is 21.3 Å². The monoisotopic (exact) mass is 742 g/mol. The molecule has 6 atom stereocenters. The Hall–Kier alpha value is -3.52. The molecule has 0 radical (unpaired) electrons. The van der Waals surface area contributed by atoms with E-state index >= 15 is 0 Å². The van der Waals surface area contributed by atoms with Crippen LogP contribution in [0.15, 0.2) is 35.3 Å². The molecule has 2 aliphatic heterocycles. The van der Waals surface area contributed by atoms with Crippen LogP contribution in [0.3, 0.4) is 0 Å². The van der Waals surface area contributed by atoms with Crippen LogP contribution in [0.4, 0.5) is 4.79 Å². The Kier molecular flexibility index (Phi) is 11.8. The molecule has 0 aromatic heterocycles. The zero-order chi connectivity index (χ0) is 38.2. The lowest BCUT2D eigenvalue weighted by Crippen LogP contribution is -2.62. The summed E-state index contributed by atoms with van der Waals surface area (Å²) in [7, 11) is -3.67. The number of hydrogen-bond donors (Lipinski definition) is 4. The van der Waals surface area contributed by atoms with Crippen LogP contribution in [0.25, 0.3) is 0 Å². The normalized spacial score (nSPS) is 25.8. The number of urea groups is 1. The van der Waals surface area contributed by atoms with Crippen molar-refractivity contribution in [3.8, 4) is 0 Å². The summed E-state index contributed by atoms with van der Waals surface area (Å²) in [6, 6.07) is -4.08. The lowest BCUT2D eigenvalue weighted by atomic mass is 9.80. The van der Waals surface area contributed by atoms with Gasteiger partial charge in [-0.3, -0.25) is 19.2 Å². The minimum atomic E-state index is -3.67. The van der Waals surface area contributed by atoms with Gasteiger partial charge in [0.05, 0.1) is 10.9 Å². The number of likely N-dealkylation sites (tertiary alicyclic amines) is 1. The Labute approximate surface area is 308 Å². The van der Waals surface area contributed by atoms with Crippen molar-refractivity contribution in [3.05, 3.63) is 35.3 Å². The van der Waals surface area contributed by atoms with Gasteiger partial charge in [-0.2, -0.15) is 4.31 Å². The fourth-order valence-electron chi connectivity index (χ4n) is 8.25. The highest BCUT2D eigenvalue weighted by atomic mass is 32.2. The Bertz CT molecular complexity index is 1620. The van der Waals surface area contributed by atoms with Crippen LogP contribution in [0.1, 0.15) is 92.9 Å². The fourth-order valence-corrected chi connectivity index (χ4v) is 9.98. The Morgan fingerprint density at radius 1 is 0.962 bits per heavy atom. The number of ketones is 1. The van der Waals surface area contributed by atoms with E-state index < -0.39 is 74.6 Å². The number of Topliss-reactive ketones (excluding diaryl/α,β-unsaturated/α-hetero) is 1. The van der Waals surface area contributed by atoms with Gasteiger partial charge in [0.15, 0.2) is 0 Å². The smallest absolute Gasteiger partial charge is 0.315 e. The maximum Gasteiger partial charge on any atom is 0.315 e. The maximum atomic E-state index is 14.6. The molecule has 288 valence electrons. The van der Waals surface area contributed by atoms with E-state index in [1.807, 2.05) is 47.6 Å². The zero-order valence-corrected chi connectivity index (χ0v) is 32.4. The molecular formula is C38H58N6O7S. The van der Waals surface area contributed by atoms with E-state index in [0.717, 1.165) is 44.1 Å². The molecule has 1 saturated heterocycles. The number of carbonyl (C=O) groups excluding carboxylic acids is 5. The van der Waals surface area contributed by atoms with Crippen LogP contribution in [-0.2, 0) is 29.2 Å². The number of nitrogens with zero attached hydrogens (tertiary/aromatic N) is 2. The van der Waals surface area contributed by atoms with Gasteiger partial charge in [-0.1, -0.05) is 79.4 Å². The summed E-state index contributed by atoms with van der Waals surface area (Å²) in [5, 5.41) is 11.3. The number of rotatable bonds is 13. The second-order valence-corrected chi connectivity index (χ2v) is 19.4. The van der Waals surface area contributed by atoms with Gasteiger partial charge in [0.2, 0.25) is 27.6 Å². The molecule has 14 heteroatoms. The highest BCUT2D eigenvalue weighted by Gasteiger charge is 2.52. The third kappa shape index (κ3) is 8.48. The largest absolute Gasteiger partial charge is 0.346 e. The van der Waals surface area contributed by atoms with E-state index in [-0.39, 0.29) is 37.4 Å². The van der Waals surface area contributed by atoms with Gasteiger partial charge in [0.25, 0.3) is 5.91 Å². The van der Waals surface area contributed by atoms with Crippen molar-refractivity contribution in [2.24, 2.45) is 28.6 Å². The van der Waals surface area contributed by atoms with E-state index in [9.17, 15) is 32.4 Å². The summed E-state index contributed by atoms with van der Waals surface area (Å²) in [6.45, 7) is 15.7. The van der Waals surface area contributed by atoms with Crippen molar-refractivity contribution >= 4 is 39.6 Å². The molecule has 4 N–H and O–H groups in total. The SMILES string of the molecule is C=CCNC(=O)C(=O)C(CC1CCC1)NC(=O)[C@@H]1[C@H]2CCC[C@H]2CN1C(=O)[C@@H](NC(=O)N[C@H](CN1CC2=C(C=CC2)S1(=O)=O)C(C)(C)C)C(C)(C)C. The first-order valence-corrected chi connectivity index (χ1v) is 20.3. The number of amides is 5. The van der Waals surface area contributed by atoms with Crippen molar-refractivity contribution in [3.63, 3.8) is 0 Å². The molecule has 1 unspecified atom stereocenters. The molecule has 5 aliphatic rings. The summed E-state index contributed by atoms with van der Waals surface area (Å²) in [4.78, 5) is 70.5. The van der Waals surface area contributed by atoms with Gasteiger partial charge in [-0.15, -0.1) is 6.58 Å². The van der Waals surface area contributed by atoms with Crippen LogP contribution >= 0.6 is 0 Å². The van der Waals surface area contributed by atoms with Gasteiger partial charge < -0.3 is 26.2 Å². The van der Waals surface area contributed by atoms with E-state index in [1.54, 1.807) is 11.0 Å². The Morgan fingerprint density at radius 2 is 1.65 bits per heavy atom. The summed E-state index contributed by atoms with van der Waals surface area (Å²) >= 11 is 0. The second kappa shape index (κ2) is 15.5. The molecule has 5 amide bonds. The van der Waals surface area contributed by atoms with E-state index in [2.05, 4.69) is 27.8 Å². The van der Waals surface area contributed by atoms with Gasteiger partial charge in [-0.25, -0.2) is 13.2 Å². The van der Waals surface area contributed by atoms with Crippen molar-refractivity contribution in [2.45, 2.75) is 117 Å². The number of sulfonamides is 1. The number of fused-ring (bicyclic) bond motifs is 1. The van der Waals surface area contributed by atoms with Crippen molar-refractivity contribution < 1.29 is 32.4 Å². The molecule has 0 aromatic carbocycles. The summed E-state index contributed by atoms with van der Waals surface area (Å²) in [5.74, 6) is -2.12. The van der Waals surface area contributed by atoms with E-state index in [4.69, 9.17) is 0 Å². The minimum absolute atomic E-state index is 0.0678. The van der Waals surface area contributed by atoms with Gasteiger partial charge in [0, 0.05) is 32.2 Å². The average Bonchev–Trinajstić information content (AvgIpc) is 3.81. The van der Waals surface area contributed by atoms with E-state index in [0.29, 0.717) is 24.3 Å². The first kappa shape index (κ1) is 39.7. The van der Waals surface area contributed by atoms with Crippen LogP contribution in [0.5, 0.6) is 0 Å². The summed E-state index contributed by atoms with van der Waals surface area (Å²) < 4.78 is 27.9. The van der Waals surface area contributed by atoms with Crippen molar-refractivity contribution in [1.82, 2.24) is 30.5 Å². The fraction of sp³-hybridized carbons (Fsp3) is 0.711. The molecule has 0 bridgehead atoms. The molecule has 2 heterocycles. The van der Waals surface area contributed by atoms with Crippen LogP contribution in [-0.4, -0.2) is 97.5 Å². The molecule has 5 rings (SSSR count). The molecule has 2 saturated carbocycles. The standard InChI is InChI=1S/C38H58N6O7S/c1-8-18-39-34(47)31(45)27(19-23-12-9-13-23)40-33(46)30-26-16-10-14-24(26)21-44(30)35(48)32(38(5,6)7)42-36(49)41-29(37(2,3)4)22-43-20-25-15-11-17-28(25)52(43,50)51/h8,11,17,23-24,26-27,29-30,32H,1,9-10,12-16,18-22H2,2-7H3,(H,39,47)(H,40,46)(H2,41,42,49)/t24-,26-,27?,29+,30-,32+/m0/s1. The van der Waals surface area contributed by atoms with Crippen molar-refractivity contribution in [2.75, 3.05) is 26.2 Å². The van der Waals surface area contributed by atoms with Crippen molar-refractivity contribution in [1.29, 1.82) is 0 Å². The van der Waals surface area contributed by atoms with Gasteiger partial charge in [0.1, 0.15) is 12.1 Å². The molecule has 0 spiro atoms. The maximum absolute atomic E-state index is 14.6.